The molecule has 28 heavy (non-hydrogen) atoms. The van der Waals surface area contributed by atoms with Crippen molar-refractivity contribution in [2.75, 3.05) is 20.0 Å². The SMILES string of the molecule is COS(=O)(=O)c1ccc(S)c(N)c1.COS(=O)(=O)c1ccc(S)c(O)c1.[Zn].[Zn]. The van der Waals surface area contributed by atoms with Crippen LogP contribution in [0, 0.1) is 0 Å². The Balaban J connectivity index is 0. The van der Waals surface area contributed by atoms with Crippen molar-refractivity contribution in [1.29, 1.82) is 0 Å². The van der Waals surface area contributed by atoms with E-state index in [2.05, 4.69) is 33.6 Å². The zero-order chi connectivity index (χ0) is 20.1. The number of nitrogen functional groups attached to an aromatic ring is 1. The minimum absolute atomic E-state index is 0. The van der Waals surface area contributed by atoms with Crippen molar-refractivity contribution in [1.82, 2.24) is 0 Å². The van der Waals surface area contributed by atoms with Gasteiger partial charge in [-0.25, -0.2) is 0 Å². The number of aromatic hydroxyl groups is 1. The minimum atomic E-state index is -3.73. The second-order valence-electron chi connectivity index (χ2n) is 4.61. The molecular weight excluding hydrogens is 553 g/mol. The van der Waals surface area contributed by atoms with Crippen LogP contribution in [0.3, 0.4) is 0 Å². The van der Waals surface area contributed by atoms with Gasteiger partial charge in [-0.05, 0) is 30.3 Å². The van der Waals surface area contributed by atoms with E-state index in [0.717, 1.165) is 20.3 Å². The molecule has 0 heterocycles. The van der Waals surface area contributed by atoms with Gasteiger partial charge in [0.25, 0.3) is 20.2 Å². The van der Waals surface area contributed by atoms with Crippen LogP contribution in [0.25, 0.3) is 0 Å². The van der Waals surface area contributed by atoms with Crippen LogP contribution in [0.4, 0.5) is 5.69 Å². The normalized spacial score (nSPS) is 10.7. The number of anilines is 1. The third-order valence-electron chi connectivity index (χ3n) is 2.96. The van der Waals surface area contributed by atoms with Gasteiger partial charge in [0.2, 0.25) is 0 Å². The van der Waals surface area contributed by atoms with Gasteiger partial charge in [-0.15, -0.1) is 25.3 Å². The maximum atomic E-state index is 11.2. The van der Waals surface area contributed by atoms with E-state index < -0.39 is 20.2 Å². The Labute approximate surface area is 200 Å². The van der Waals surface area contributed by atoms with Gasteiger partial charge in [0, 0.05) is 60.5 Å². The molecule has 14 heteroatoms. The zero-order valence-electron chi connectivity index (χ0n) is 15.1. The van der Waals surface area contributed by atoms with Gasteiger partial charge < -0.3 is 10.8 Å². The molecule has 0 aliphatic carbocycles. The fourth-order valence-electron chi connectivity index (χ4n) is 1.54. The zero-order valence-corrected chi connectivity index (χ0v) is 24.4. The molecule has 2 aromatic carbocycles. The molecule has 0 bridgehead atoms. The number of thiol groups is 2. The molecule has 3 N–H and O–H groups in total. The second kappa shape index (κ2) is 12.5. The molecule has 0 unspecified atom stereocenters. The average Bonchev–Trinajstić information content (AvgIpc) is 2.60. The fraction of sp³-hybridized carbons (Fsp3) is 0.143. The van der Waals surface area contributed by atoms with Crippen molar-refractivity contribution in [3.8, 4) is 5.75 Å². The van der Waals surface area contributed by atoms with E-state index >= 15 is 0 Å². The van der Waals surface area contributed by atoms with E-state index in [0.29, 0.717) is 15.5 Å². The number of nitrogens with two attached hydrogens (primary N) is 1. The summed E-state index contributed by atoms with van der Waals surface area (Å²) in [5.41, 5.74) is 5.78. The smallest absolute Gasteiger partial charge is 0.296 e. The Hall–Kier alpha value is -0.193. The molecule has 0 spiro atoms. The van der Waals surface area contributed by atoms with Crippen LogP contribution in [0.2, 0.25) is 0 Å². The quantitative estimate of drug-likeness (QED) is 0.190. The summed E-state index contributed by atoms with van der Waals surface area (Å²) in [6.07, 6.45) is 0. The molecule has 0 aromatic heterocycles. The first-order chi connectivity index (χ1) is 11.9. The van der Waals surface area contributed by atoms with Gasteiger partial charge in [-0.3, -0.25) is 8.37 Å². The molecule has 0 aliphatic heterocycles. The predicted octanol–water partition coefficient (Wildman–Crippen LogP) is 1.90. The molecular formula is C14H17NO7S4Zn2. The summed E-state index contributed by atoms with van der Waals surface area (Å²) in [5, 5.41) is 9.16. The summed E-state index contributed by atoms with van der Waals surface area (Å²) >= 11 is 7.89. The molecule has 0 aliphatic rings. The van der Waals surface area contributed by atoms with Crippen LogP contribution in [0.1, 0.15) is 0 Å². The standard InChI is InChI=1S/C7H9NO3S2.C7H8O4S2.2Zn/c2*1-11-13(9,10)5-2-3-7(12)6(8)4-5;;/h2-4,12H,8H2,1H3;2-4,8,12H,1H3;;. The molecule has 0 saturated carbocycles. The topological polar surface area (TPSA) is 133 Å². The van der Waals surface area contributed by atoms with E-state index in [-0.39, 0.29) is 54.5 Å². The average molecular weight is 570 g/mol. The molecule has 0 atom stereocenters. The number of hydrogen-bond donors (Lipinski definition) is 4. The van der Waals surface area contributed by atoms with Crippen molar-refractivity contribution in [2.45, 2.75) is 19.6 Å². The first kappa shape index (κ1) is 30.0. The number of hydrogen-bond acceptors (Lipinski definition) is 10. The van der Waals surface area contributed by atoms with Crippen molar-refractivity contribution in [3.63, 3.8) is 0 Å². The predicted molar refractivity (Wildman–Crippen MR) is 102 cm³/mol. The Morgan fingerprint density at radius 2 is 1.21 bits per heavy atom. The minimum Gasteiger partial charge on any atom is -0.507 e. The van der Waals surface area contributed by atoms with Gasteiger partial charge >= 0.3 is 0 Å². The third kappa shape index (κ3) is 8.28. The number of benzene rings is 2. The molecule has 2 rings (SSSR count). The van der Waals surface area contributed by atoms with E-state index in [1.807, 2.05) is 0 Å². The van der Waals surface area contributed by atoms with Gasteiger partial charge in [0.15, 0.2) is 0 Å². The summed E-state index contributed by atoms with van der Waals surface area (Å²) < 4.78 is 53.1. The number of phenolic OH excluding ortho intramolecular Hbond substituents is 1. The maximum absolute atomic E-state index is 11.2. The van der Waals surface area contributed by atoms with Crippen LogP contribution in [0.15, 0.2) is 56.0 Å². The first-order valence-electron chi connectivity index (χ1n) is 6.66. The molecule has 148 valence electrons. The van der Waals surface area contributed by atoms with Gasteiger partial charge in [0.05, 0.1) is 24.0 Å². The largest absolute Gasteiger partial charge is 0.507 e. The fourth-order valence-corrected chi connectivity index (χ4v) is 3.20. The number of rotatable bonds is 4. The third-order valence-corrected chi connectivity index (χ3v) is 6.29. The first-order valence-corrected chi connectivity index (χ1v) is 10.4. The molecule has 0 amide bonds. The summed E-state index contributed by atoms with van der Waals surface area (Å²) in [6, 6.07) is 7.97. The van der Waals surface area contributed by atoms with Crippen LogP contribution in [0.5, 0.6) is 5.75 Å². The van der Waals surface area contributed by atoms with Gasteiger partial charge in [-0.2, -0.15) is 16.8 Å². The van der Waals surface area contributed by atoms with Crippen LogP contribution >= 0.6 is 25.3 Å². The summed E-state index contributed by atoms with van der Waals surface area (Å²) in [6.45, 7) is 0. The van der Waals surface area contributed by atoms with E-state index in [1.54, 1.807) is 0 Å². The van der Waals surface area contributed by atoms with Crippen molar-refractivity contribution in [2.24, 2.45) is 0 Å². The van der Waals surface area contributed by atoms with Crippen molar-refractivity contribution >= 4 is 51.2 Å². The Kier molecular flexibility index (Phi) is 13.4. The second-order valence-corrected chi connectivity index (χ2v) is 9.00. The van der Waals surface area contributed by atoms with Crippen LogP contribution < -0.4 is 5.73 Å². The van der Waals surface area contributed by atoms with E-state index in [4.69, 9.17) is 10.8 Å². The summed E-state index contributed by atoms with van der Waals surface area (Å²) in [7, 11) is -5.23. The monoisotopic (exact) mass is 567 g/mol. The summed E-state index contributed by atoms with van der Waals surface area (Å²) in [4.78, 5) is 0.792. The van der Waals surface area contributed by atoms with E-state index in [9.17, 15) is 16.8 Å². The molecule has 2 aromatic rings. The van der Waals surface area contributed by atoms with Crippen LogP contribution in [-0.4, -0.2) is 36.2 Å². The number of phenols is 1. The molecule has 0 saturated heterocycles. The Morgan fingerprint density at radius 1 is 0.821 bits per heavy atom. The van der Waals surface area contributed by atoms with Gasteiger partial charge in [-0.1, -0.05) is 0 Å². The maximum Gasteiger partial charge on any atom is 0.296 e. The Morgan fingerprint density at radius 3 is 1.57 bits per heavy atom. The van der Waals surface area contributed by atoms with E-state index in [1.165, 1.54) is 30.3 Å². The van der Waals surface area contributed by atoms with Crippen LogP contribution in [-0.2, 0) is 67.6 Å². The van der Waals surface area contributed by atoms with Gasteiger partial charge in [0.1, 0.15) is 5.75 Å². The molecule has 0 fully saturated rings. The summed E-state index contributed by atoms with van der Waals surface area (Å²) in [5.74, 6) is -0.193. The Bertz CT molecular complexity index is 917. The molecule has 0 radical (unpaired) electrons. The van der Waals surface area contributed by atoms with Crippen molar-refractivity contribution in [3.05, 3.63) is 36.4 Å². The molecule has 8 nitrogen and oxygen atoms in total. The van der Waals surface area contributed by atoms with Crippen molar-refractivity contribution < 1.29 is 69.3 Å².